The number of nitrogens with one attached hydrogen (secondary N) is 1. The van der Waals surface area contributed by atoms with Crippen molar-refractivity contribution >= 4 is 68.4 Å². The highest BCUT2D eigenvalue weighted by atomic mass is 15.1. The molecule has 0 atom stereocenters. The molecule has 0 spiro atoms. The minimum atomic E-state index is -0.152. The maximum atomic E-state index is 3.93. The zero-order valence-electron chi connectivity index (χ0n) is 27.6. The van der Waals surface area contributed by atoms with Gasteiger partial charge in [0.1, 0.15) is 0 Å². The summed E-state index contributed by atoms with van der Waals surface area (Å²) in [5.74, 6) is 0. The first-order valence-electron chi connectivity index (χ1n) is 17.2. The Bertz CT molecular complexity index is 2540. The molecule has 0 saturated carbocycles. The molecule has 7 aromatic carbocycles. The second kappa shape index (κ2) is 10.5. The van der Waals surface area contributed by atoms with Gasteiger partial charge < -0.3 is 14.8 Å². The Kier molecular flexibility index (Phi) is 6.01. The normalized spacial score (nSPS) is 13.6. The molecular weight excluding hydrogens is 593 g/mol. The Hall–Kier alpha value is -6.00. The van der Waals surface area contributed by atoms with Crippen molar-refractivity contribution in [3.05, 3.63) is 169 Å². The number of rotatable bonds is 4. The van der Waals surface area contributed by atoms with E-state index in [1.165, 1.54) is 72.0 Å². The Morgan fingerprint density at radius 2 is 1.22 bits per heavy atom. The van der Waals surface area contributed by atoms with Gasteiger partial charge in [-0.3, -0.25) is 0 Å². The summed E-state index contributed by atoms with van der Waals surface area (Å²) in [5, 5.41) is 6.53. The van der Waals surface area contributed by atoms with Crippen LogP contribution in [0.15, 0.2) is 158 Å². The Morgan fingerprint density at radius 1 is 0.571 bits per heavy atom. The smallest absolute Gasteiger partial charge is 0.198 e. The van der Waals surface area contributed by atoms with Crippen LogP contribution in [0.1, 0.15) is 25.0 Å². The third kappa shape index (κ3) is 4.10. The van der Waals surface area contributed by atoms with Crippen molar-refractivity contribution in [1.29, 1.82) is 0 Å². The molecule has 0 radical (unpaired) electrons. The molecule has 3 heterocycles. The number of hydrogen-bond acceptors (Lipinski definition) is 2. The van der Waals surface area contributed by atoms with E-state index in [1.807, 2.05) is 0 Å². The first kappa shape index (κ1) is 28.1. The van der Waals surface area contributed by atoms with Gasteiger partial charge >= 0.3 is 0 Å². The molecule has 3 nitrogen and oxygen atoms in total. The molecule has 0 saturated heterocycles. The van der Waals surface area contributed by atoms with Crippen LogP contribution in [0, 0.1) is 0 Å². The molecule has 0 fully saturated rings. The predicted molar refractivity (Wildman–Crippen MR) is 209 cm³/mol. The summed E-state index contributed by atoms with van der Waals surface area (Å²) in [6.45, 7) is 4.71. The van der Waals surface area contributed by atoms with Crippen LogP contribution in [0.3, 0.4) is 0 Å². The standard InChI is InChI=1S/C45H34BN3/c1-45(2)36-22-10-11-25-39(36)47-43-33(20-13-23-37(43)45)35-27-31(48(29-15-5-3-6-16-29)30-17-7-4-8-18-30)28-41-42(35)46-38-24-14-21-34-32-19-9-12-26-40(32)49(41)44(34)38/h3-28,46-47H,1-2H3. The van der Waals surface area contributed by atoms with Crippen molar-refractivity contribution in [3.8, 4) is 16.8 Å². The van der Waals surface area contributed by atoms with Crippen molar-refractivity contribution in [2.75, 3.05) is 10.2 Å². The topological polar surface area (TPSA) is 20.2 Å². The summed E-state index contributed by atoms with van der Waals surface area (Å²) in [6.07, 6.45) is 0. The average molecular weight is 628 g/mol. The maximum absolute atomic E-state index is 3.93. The fourth-order valence-corrected chi connectivity index (χ4v) is 8.52. The quantitative estimate of drug-likeness (QED) is 0.196. The van der Waals surface area contributed by atoms with E-state index in [-0.39, 0.29) is 5.41 Å². The molecule has 0 amide bonds. The van der Waals surface area contributed by atoms with E-state index in [0.29, 0.717) is 0 Å². The number of fused-ring (bicyclic) bond motifs is 7. The van der Waals surface area contributed by atoms with Gasteiger partial charge in [0, 0.05) is 55.7 Å². The third-order valence-corrected chi connectivity index (χ3v) is 10.8. The van der Waals surface area contributed by atoms with Gasteiger partial charge in [-0.05, 0) is 70.7 Å². The van der Waals surface area contributed by atoms with Gasteiger partial charge in [0.25, 0.3) is 0 Å². The summed E-state index contributed by atoms with van der Waals surface area (Å²) in [5.41, 5.74) is 17.2. The van der Waals surface area contributed by atoms with Crippen LogP contribution in [0.5, 0.6) is 0 Å². The average Bonchev–Trinajstić information content (AvgIpc) is 3.49. The summed E-state index contributed by atoms with van der Waals surface area (Å²) in [7, 11) is 0.860. The van der Waals surface area contributed by atoms with E-state index in [2.05, 4.69) is 186 Å². The molecule has 49 heavy (non-hydrogen) atoms. The van der Waals surface area contributed by atoms with Crippen molar-refractivity contribution in [1.82, 2.24) is 4.57 Å². The molecule has 4 heteroatoms. The monoisotopic (exact) mass is 627 g/mol. The van der Waals surface area contributed by atoms with Crippen LogP contribution in [-0.2, 0) is 5.41 Å². The van der Waals surface area contributed by atoms with Crippen molar-refractivity contribution in [3.63, 3.8) is 0 Å². The molecule has 10 rings (SSSR count). The minimum Gasteiger partial charge on any atom is -0.355 e. The van der Waals surface area contributed by atoms with E-state index in [1.54, 1.807) is 0 Å². The molecule has 0 bridgehead atoms. The summed E-state index contributed by atoms with van der Waals surface area (Å²) in [4.78, 5) is 2.40. The number of benzene rings is 7. The summed E-state index contributed by atoms with van der Waals surface area (Å²) >= 11 is 0. The lowest BCUT2D eigenvalue weighted by atomic mass is 9.58. The van der Waals surface area contributed by atoms with E-state index in [4.69, 9.17) is 0 Å². The van der Waals surface area contributed by atoms with Crippen molar-refractivity contribution < 1.29 is 0 Å². The van der Waals surface area contributed by atoms with E-state index in [0.717, 1.165) is 24.3 Å². The zero-order chi connectivity index (χ0) is 32.7. The van der Waals surface area contributed by atoms with E-state index < -0.39 is 0 Å². The number of anilines is 5. The van der Waals surface area contributed by atoms with Gasteiger partial charge in [-0.15, -0.1) is 0 Å². The van der Waals surface area contributed by atoms with Gasteiger partial charge in [-0.1, -0.05) is 129 Å². The molecular formula is C45H34BN3. The number of nitrogens with zero attached hydrogens (tertiary/aromatic N) is 2. The molecule has 232 valence electrons. The van der Waals surface area contributed by atoms with Crippen LogP contribution in [-0.4, -0.2) is 11.8 Å². The first-order valence-corrected chi connectivity index (χ1v) is 17.2. The lowest BCUT2D eigenvalue weighted by Gasteiger charge is -2.37. The lowest BCUT2D eigenvalue weighted by Crippen LogP contribution is -2.37. The SMILES string of the molecule is CC1(C)c2ccccc2Nc2c(-c3cc(N(c4ccccc4)c4ccccc4)cc4c3Bc3cccc5c6ccccc6n-4c35)cccc21. The Balaban J connectivity index is 1.32. The van der Waals surface area contributed by atoms with Crippen molar-refractivity contribution in [2.24, 2.45) is 0 Å². The van der Waals surface area contributed by atoms with Gasteiger partial charge in [-0.25, -0.2) is 0 Å². The molecule has 8 aromatic rings. The fraction of sp³-hybridized carbons (Fsp3) is 0.0667. The van der Waals surface area contributed by atoms with Gasteiger partial charge in [0.15, 0.2) is 7.28 Å². The summed E-state index contributed by atoms with van der Waals surface area (Å²) in [6, 6.07) is 57.7. The van der Waals surface area contributed by atoms with Crippen LogP contribution in [0.4, 0.5) is 28.4 Å². The number of para-hydroxylation sites is 6. The van der Waals surface area contributed by atoms with Gasteiger partial charge in [0.2, 0.25) is 0 Å². The van der Waals surface area contributed by atoms with E-state index in [9.17, 15) is 0 Å². The molecule has 2 aliphatic rings. The molecule has 1 N–H and O–H groups in total. The van der Waals surface area contributed by atoms with Crippen LogP contribution in [0.25, 0.3) is 38.6 Å². The molecule has 0 aliphatic carbocycles. The fourth-order valence-electron chi connectivity index (χ4n) is 8.52. The Labute approximate surface area is 287 Å². The van der Waals surface area contributed by atoms with Gasteiger partial charge in [0.05, 0.1) is 11.2 Å². The minimum absolute atomic E-state index is 0.152. The highest BCUT2D eigenvalue weighted by Gasteiger charge is 2.35. The van der Waals surface area contributed by atoms with Crippen LogP contribution >= 0.6 is 0 Å². The second-order valence-corrected chi connectivity index (χ2v) is 13.9. The van der Waals surface area contributed by atoms with Gasteiger partial charge in [-0.2, -0.15) is 0 Å². The number of aromatic nitrogens is 1. The maximum Gasteiger partial charge on any atom is 0.198 e. The largest absolute Gasteiger partial charge is 0.355 e. The highest BCUT2D eigenvalue weighted by Crippen LogP contribution is 2.49. The lowest BCUT2D eigenvalue weighted by molar-refractivity contribution is 0.638. The van der Waals surface area contributed by atoms with Crippen LogP contribution < -0.4 is 21.1 Å². The summed E-state index contributed by atoms with van der Waals surface area (Å²) < 4.78 is 2.53. The van der Waals surface area contributed by atoms with Crippen LogP contribution in [0.2, 0.25) is 0 Å². The molecule has 0 unspecified atom stereocenters. The number of hydrogen-bond donors (Lipinski definition) is 1. The molecule has 2 aliphatic heterocycles. The predicted octanol–water partition coefficient (Wildman–Crippen LogP) is 10.0. The molecule has 1 aromatic heterocycles. The van der Waals surface area contributed by atoms with E-state index >= 15 is 0 Å². The van der Waals surface area contributed by atoms with Crippen molar-refractivity contribution in [2.45, 2.75) is 19.3 Å². The zero-order valence-corrected chi connectivity index (χ0v) is 27.6. The first-order chi connectivity index (χ1) is 24.1. The third-order valence-electron chi connectivity index (χ3n) is 10.8. The highest BCUT2D eigenvalue weighted by molar-refractivity contribution is 6.73. The second-order valence-electron chi connectivity index (χ2n) is 13.9. The Morgan fingerprint density at radius 3 is 2.02 bits per heavy atom.